The third kappa shape index (κ3) is 3.57. The van der Waals surface area contributed by atoms with Crippen molar-refractivity contribution in [1.29, 1.82) is 0 Å². The van der Waals surface area contributed by atoms with Crippen LogP contribution in [0.15, 0.2) is 24.7 Å². The van der Waals surface area contributed by atoms with Crippen molar-refractivity contribution in [3.8, 4) is 0 Å². The Kier molecular flexibility index (Phi) is 4.89. The highest BCUT2D eigenvalue weighted by Crippen LogP contribution is 2.27. The Morgan fingerprint density at radius 3 is 2.71 bits per heavy atom. The number of likely N-dealkylation sites (N-methyl/N-ethyl adjacent to an activating group) is 1. The number of aromatic nitrogens is 3. The third-order valence-corrected chi connectivity index (χ3v) is 3.07. The van der Waals surface area contributed by atoms with Crippen LogP contribution >= 0.6 is 0 Å². The van der Waals surface area contributed by atoms with E-state index in [0.29, 0.717) is 36.2 Å². The van der Waals surface area contributed by atoms with Crippen LogP contribution in [-0.2, 0) is 0 Å². The van der Waals surface area contributed by atoms with Gasteiger partial charge in [-0.3, -0.25) is 0 Å². The Bertz CT molecular complexity index is 587. The lowest BCUT2D eigenvalue weighted by Crippen LogP contribution is -2.28. The van der Waals surface area contributed by atoms with Gasteiger partial charge in [-0.1, -0.05) is 6.07 Å². The van der Waals surface area contributed by atoms with Crippen LogP contribution in [0.25, 0.3) is 0 Å². The van der Waals surface area contributed by atoms with Gasteiger partial charge in [0, 0.05) is 19.3 Å². The summed E-state index contributed by atoms with van der Waals surface area (Å²) in [5, 5.41) is 12.2. The zero-order chi connectivity index (χ0) is 15.2. The molecule has 7 nitrogen and oxygen atoms in total. The van der Waals surface area contributed by atoms with E-state index in [1.165, 1.54) is 6.33 Å². The topological polar surface area (TPSA) is 100 Å². The first-order valence-corrected chi connectivity index (χ1v) is 6.81. The highest BCUT2D eigenvalue weighted by Gasteiger charge is 2.13. The summed E-state index contributed by atoms with van der Waals surface area (Å²) in [5.74, 6) is 1.78. The molecule has 0 fully saturated rings. The summed E-state index contributed by atoms with van der Waals surface area (Å²) in [7, 11) is 0. The lowest BCUT2D eigenvalue weighted by atomic mass is 10.3. The van der Waals surface area contributed by atoms with E-state index in [9.17, 15) is 0 Å². The Labute approximate surface area is 123 Å². The maximum Gasteiger partial charge on any atom is 0.160 e. The normalized spacial score (nSPS) is 10.4. The monoisotopic (exact) mass is 288 g/mol. The van der Waals surface area contributed by atoms with Crippen LogP contribution in [0, 0.1) is 6.92 Å². The van der Waals surface area contributed by atoms with E-state index in [-0.39, 0.29) is 6.61 Å². The second-order valence-corrected chi connectivity index (χ2v) is 4.61. The summed E-state index contributed by atoms with van der Waals surface area (Å²) in [4.78, 5) is 14.5. The van der Waals surface area contributed by atoms with Crippen LogP contribution in [0.5, 0.6) is 0 Å². The number of aryl methyl sites for hydroxylation is 1. The Morgan fingerprint density at radius 2 is 2.10 bits per heavy atom. The molecule has 0 aromatic carbocycles. The molecule has 0 aliphatic heterocycles. The number of nitrogen functional groups attached to an aromatic ring is 1. The van der Waals surface area contributed by atoms with Crippen molar-refractivity contribution in [2.45, 2.75) is 13.8 Å². The van der Waals surface area contributed by atoms with E-state index >= 15 is 0 Å². The molecule has 2 heterocycles. The molecule has 4 N–H and O–H groups in total. The number of anilines is 4. The van der Waals surface area contributed by atoms with Gasteiger partial charge in [0.25, 0.3) is 0 Å². The molecule has 2 rings (SSSR count). The summed E-state index contributed by atoms with van der Waals surface area (Å²) in [6, 6.07) is 3.82. The van der Waals surface area contributed by atoms with Gasteiger partial charge in [0.1, 0.15) is 17.8 Å². The molecule has 112 valence electrons. The highest BCUT2D eigenvalue weighted by atomic mass is 16.3. The predicted molar refractivity (Wildman–Crippen MR) is 83.7 cm³/mol. The first-order chi connectivity index (χ1) is 10.2. The molecular formula is C14H20N6O. The van der Waals surface area contributed by atoms with Crippen molar-refractivity contribution in [3.63, 3.8) is 0 Å². The van der Waals surface area contributed by atoms with Crippen LogP contribution in [-0.4, -0.2) is 39.8 Å². The predicted octanol–water partition coefficient (Wildman–Crippen LogP) is 1.32. The average Bonchev–Trinajstić information content (AvgIpc) is 2.49. The largest absolute Gasteiger partial charge is 0.395 e. The number of hydrogen-bond donors (Lipinski definition) is 3. The molecule has 0 saturated heterocycles. The minimum atomic E-state index is 0.0412. The molecule has 7 heteroatoms. The summed E-state index contributed by atoms with van der Waals surface area (Å²) in [6.07, 6.45) is 3.22. The average molecular weight is 288 g/mol. The summed E-state index contributed by atoms with van der Waals surface area (Å²) in [5.41, 5.74) is 7.65. The van der Waals surface area contributed by atoms with Crippen LogP contribution in [0.4, 0.5) is 23.1 Å². The summed E-state index contributed by atoms with van der Waals surface area (Å²) >= 11 is 0. The van der Waals surface area contributed by atoms with E-state index in [0.717, 1.165) is 5.56 Å². The van der Waals surface area contributed by atoms with Gasteiger partial charge in [0.05, 0.1) is 6.61 Å². The van der Waals surface area contributed by atoms with Gasteiger partial charge in [-0.15, -0.1) is 0 Å². The fourth-order valence-electron chi connectivity index (χ4n) is 1.94. The number of hydrogen-bond acceptors (Lipinski definition) is 7. The Hall–Kier alpha value is -2.41. The number of nitrogens with one attached hydrogen (secondary N) is 1. The van der Waals surface area contributed by atoms with Crippen molar-refractivity contribution >= 4 is 23.1 Å². The first-order valence-electron chi connectivity index (χ1n) is 6.81. The van der Waals surface area contributed by atoms with E-state index in [4.69, 9.17) is 10.8 Å². The number of aliphatic hydroxyl groups is 1. The number of aliphatic hydroxyl groups excluding tert-OH is 1. The van der Waals surface area contributed by atoms with Crippen LogP contribution in [0.1, 0.15) is 12.5 Å². The van der Waals surface area contributed by atoms with Crippen LogP contribution < -0.4 is 16.0 Å². The minimum Gasteiger partial charge on any atom is -0.395 e. The molecule has 0 radical (unpaired) electrons. The van der Waals surface area contributed by atoms with Crippen molar-refractivity contribution < 1.29 is 5.11 Å². The number of rotatable bonds is 6. The molecule has 21 heavy (non-hydrogen) atoms. The molecule has 0 amide bonds. The summed E-state index contributed by atoms with van der Waals surface area (Å²) < 4.78 is 0. The quantitative estimate of drug-likeness (QED) is 0.737. The SMILES string of the molecule is CCN(CCO)c1ncnc(Nc2ccc(C)cn2)c1N. The fraction of sp³-hybridized carbons (Fsp3) is 0.357. The third-order valence-electron chi connectivity index (χ3n) is 3.07. The lowest BCUT2D eigenvalue weighted by Gasteiger charge is -2.22. The molecule has 0 atom stereocenters. The fourth-order valence-corrected chi connectivity index (χ4v) is 1.94. The molecular weight excluding hydrogens is 268 g/mol. The molecule has 2 aromatic heterocycles. The maximum absolute atomic E-state index is 9.10. The second-order valence-electron chi connectivity index (χ2n) is 4.61. The summed E-state index contributed by atoms with van der Waals surface area (Å²) in [6.45, 7) is 5.16. The number of nitrogens with zero attached hydrogens (tertiary/aromatic N) is 4. The molecule has 0 aliphatic carbocycles. The van der Waals surface area contributed by atoms with E-state index in [2.05, 4.69) is 20.3 Å². The van der Waals surface area contributed by atoms with E-state index in [1.807, 2.05) is 30.9 Å². The van der Waals surface area contributed by atoms with Crippen molar-refractivity contribution in [3.05, 3.63) is 30.2 Å². The molecule has 0 unspecified atom stereocenters. The van der Waals surface area contributed by atoms with Gasteiger partial charge >= 0.3 is 0 Å². The standard InChI is InChI=1S/C14H20N6O/c1-3-20(6-7-21)14-12(15)13(17-9-18-14)19-11-5-4-10(2)8-16-11/h4-5,8-9,21H,3,6-7,15H2,1-2H3,(H,16,17,18,19). The van der Waals surface area contributed by atoms with Crippen LogP contribution in [0.2, 0.25) is 0 Å². The zero-order valence-electron chi connectivity index (χ0n) is 12.2. The van der Waals surface area contributed by atoms with Gasteiger partial charge in [-0.25, -0.2) is 15.0 Å². The van der Waals surface area contributed by atoms with Crippen molar-refractivity contribution in [2.75, 3.05) is 35.6 Å². The van der Waals surface area contributed by atoms with Crippen LogP contribution in [0.3, 0.4) is 0 Å². The maximum atomic E-state index is 9.10. The van der Waals surface area contributed by atoms with E-state index in [1.54, 1.807) is 6.20 Å². The van der Waals surface area contributed by atoms with Gasteiger partial charge < -0.3 is 21.1 Å². The Balaban J connectivity index is 2.26. The molecule has 0 saturated carbocycles. The molecule has 0 spiro atoms. The van der Waals surface area contributed by atoms with Gasteiger partial charge in [0.2, 0.25) is 0 Å². The highest BCUT2D eigenvalue weighted by molar-refractivity contribution is 5.77. The smallest absolute Gasteiger partial charge is 0.160 e. The van der Waals surface area contributed by atoms with Crippen molar-refractivity contribution in [1.82, 2.24) is 15.0 Å². The van der Waals surface area contributed by atoms with Crippen molar-refractivity contribution in [2.24, 2.45) is 0 Å². The van der Waals surface area contributed by atoms with Gasteiger partial charge in [-0.2, -0.15) is 0 Å². The minimum absolute atomic E-state index is 0.0412. The zero-order valence-corrected chi connectivity index (χ0v) is 12.2. The van der Waals surface area contributed by atoms with Gasteiger partial charge in [-0.05, 0) is 25.5 Å². The molecule has 0 aliphatic rings. The second kappa shape index (κ2) is 6.85. The molecule has 0 bridgehead atoms. The number of pyridine rings is 1. The van der Waals surface area contributed by atoms with E-state index < -0.39 is 0 Å². The lowest BCUT2D eigenvalue weighted by molar-refractivity contribution is 0.302. The van der Waals surface area contributed by atoms with Gasteiger partial charge in [0.15, 0.2) is 11.6 Å². The first kappa shape index (κ1) is 15.0. The molecule has 2 aromatic rings. The Morgan fingerprint density at radius 1 is 1.29 bits per heavy atom. The number of nitrogens with two attached hydrogens (primary N) is 1.